The number of anilines is 1. The molecule has 4 rings (SSSR count). The van der Waals surface area contributed by atoms with Gasteiger partial charge in [0.05, 0.1) is 13.0 Å². The van der Waals surface area contributed by atoms with E-state index in [0.717, 1.165) is 5.56 Å². The highest BCUT2D eigenvalue weighted by atomic mass is 16.6. The van der Waals surface area contributed by atoms with Gasteiger partial charge in [-0.25, -0.2) is 4.98 Å². The van der Waals surface area contributed by atoms with E-state index in [4.69, 9.17) is 14.2 Å². The number of pyridine rings is 1. The van der Waals surface area contributed by atoms with E-state index in [1.54, 1.807) is 36.4 Å². The summed E-state index contributed by atoms with van der Waals surface area (Å²) in [5.41, 5.74) is 1.59. The van der Waals surface area contributed by atoms with Gasteiger partial charge in [0.15, 0.2) is 11.5 Å². The molecule has 0 aliphatic carbocycles. The summed E-state index contributed by atoms with van der Waals surface area (Å²) in [5, 5.41) is 2.89. The maximum atomic E-state index is 12.5. The van der Waals surface area contributed by atoms with E-state index in [9.17, 15) is 9.59 Å². The average Bonchev–Trinajstić information content (AvgIpc) is 3.13. The Kier molecular flexibility index (Phi) is 5.01. The number of nitrogens with one attached hydrogen (secondary N) is 1. The molecule has 146 valence electrons. The standard InChI is InChI=1S/C20H21N3O5/c1-26-18-8-13(4-5-21-18)11-22-20(25)14-9-19(24)23(12-14)15-2-3-16-17(10-15)28-7-6-27-16/h2-5,8,10,14H,6-7,9,11-12H2,1H3,(H,22,25). The van der Waals surface area contributed by atoms with Crippen molar-refractivity contribution >= 4 is 17.5 Å². The minimum atomic E-state index is -0.399. The SMILES string of the molecule is COc1cc(CNC(=O)C2CC(=O)N(c3ccc4c(c3)OCCO4)C2)ccn1. The number of carbonyl (C=O) groups excluding carboxylic acids is 2. The van der Waals surface area contributed by atoms with Crippen molar-refractivity contribution in [2.24, 2.45) is 5.92 Å². The lowest BCUT2D eigenvalue weighted by Crippen LogP contribution is -2.32. The second-order valence-corrected chi connectivity index (χ2v) is 6.66. The van der Waals surface area contributed by atoms with E-state index in [2.05, 4.69) is 10.3 Å². The lowest BCUT2D eigenvalue weighted by atomic mass is 10.1. The van der Waals surface area contributed by atoms with Crippen LogP contribution in [0.15, 0.2) is 36.5 Å². The van der Waals surface area contributed by atoms with Crippen molar-refractivity contribution in [1.82, 2.24) is 10.3 Å². The van der Waals surface area contributed by atoms with Crippen molar-refractivity contribution in [2.45, 2.75) is 13.0 Å². The van der Waals surface area contributed by atoms with Crippen LogP contribution in [0.3, 0.4) is 0 Å². The topological polar surface area (TPSA) is 90.0 Å². The molecule has 8 heteroatoms. The quantitative estimate of drug-likeness (QED) is 0.842. The number of fused-ring (bicyclic) bond motifs is 1. The molecule has 1 aromatic heterocycles. The number of hydrogen-bond donors (Lipinski definition) is 1. The third-order valence-electron chi connectivity index (χ3n) is 4.81. The summed E-state index contributed by atoms with van der Waals surface area (Å²) in [6.45, 7) is 1.69. The Balaban J connectivity index is 1.39. The molecule has 1 N–H and O–H groups in total. The zero-order chi connectivity index (χ0) is 19.5. The smallest absolute Gasteiger partial charge is 0.227 e. The second-order valence-electron chi connectivity index (χ2n) is 6.66. The van der Waals surface area contributed by atoms with Crippen LogP contribution >= 0.6 is 0 Å². The molecule has 1 unspecified atom stereocenters. The van der Waals surface area contributed by atoms with Gasteiger partial charge in [-0.15, -0.1) is 0 Å². The summed E-state index contributed by atoms with van der Waals surface area (Å²) in [4.78, 5) is 30.7. The van der Waals surface area contributed by atoms with Crippen LogP contribution < -0.4 is 24.4 Å². The first-order chi connectivity index (χ1) is 13.6. The van der Waals surface area contributed by atoms with Crippen molar-refractivity contribution in [3.8, 4) is 17.4 Å². The highest BCUT2D eigenvalue weighted by molar-refractivity contribution is 6.00. The van der Waals surface area contributed by atoms with Crippen molar-refractivity contribution in [3.63, 3.8) is 0 Å². The van der Waals surface area contributed by atoms with E-state index < -0.39 is 5.92 Å². The Morgan fingerprint density at radius 1 is 1.25 bits per heavy atom. The third-order valence-corrected chi connectivity index (χ3v) is 4.81. The van der Waals surface area contributed by atoms with Crippen molar-refractivity contribution in [3.05, 3.63) is 42.1 Å². The number of rotatable bonds is 5. The Bertz CT molecular complexity index is 901. The lowest BCUT2D eigenvalue weighted by molar-refractivity contribution is -0.126. The normalized spacial score (nSPS) is 18.1. The fraction of sp³-hybridized carbons (Fsp3) is 0.350. The minimum absolute atomic E-state index is 0.0811. The van der Waals surface area contributed by atoms with Gasteiger partial charge in [0, 0.05) is 43.5 Å². The number of ether oxygens (including phenoxy) is 3. The van der Waals surface area contributed by atoms with E-state index in [1.807, 2.05) is 12.1 Å². The number of benzene rings is 1. The first-order valence-corrected chi connectivity index (χ1v) is 9.10. The molecule has 0 bridgehead atoms. The minimum Gasteiger partial charge on any atom is -0.486 e. The van der Waals surface area contributed by atoms with Crippen LogP contribution in [0.2, 0.25) is 0 Å². The maximum absolute atomic E-state index is 12.5. The average molecular weight is 383 g/mol. The number of methoxy groups -OCH3 is 1. The van der Waals surface area contributed by atoms with Crippen molar-refractivity contribution in [1.29, 1.82) is 0 Å². The number of amides is 2. The van der Waals surface area contributed by atoms with Gasteiger partial charge in [-0.2, -0.15) is 0 Å². The Hall–Kier alpha value is -3.29. The molecule has 1 fully saturated rings. The Labute approximate surface area is 162 Å². The summed E-state index contributed by atoms with van der Waals surface area (Å²) in [6.07, 6.45) is 1.81. The first kappa shape index (κ1) is 18.1. The van der Waals surface area contributed by atoms with Gasteiger partial charge in [-0.05, 0) is 23.8 Å². The molecule has 3 heterocycles. The van der Waals surface area contributed by atoms with Gasteiger partial charge in [-0.3, -0.25) is 9.59 Å². The predicted octanol–water partition coefficient (Wildman–Crippen LogP) is 1.53. The highest BCUT2D eigenvalue weighted by Crippen LogP contribution is 2.36. The molecule has 0 radical (unpaired) electrons. The molecule has 2 aromatic rings. The zero-order valence-corrected chi connectivity index (χ0v) is 15.5. The van der Waals surface area contributed by atoms with E-state index in [-0.39, 0.29) is 18.2 Å². The van der Waals surface area contributed by atoms with E-state index in [1.165, 1.54) is 0 Å². The Morgan fingerprint density at radius 2 is 2.07 bits per heavy atom. The number of hydrogen-bond acceptors (Lipinski definition) is 6. The van der Waals surface area contributed by atoms with Gasteiger partial charge in [0.25, 0.3) is 0 Å². The monoisotopic (exact) mass is 383 g/mol. The highest BCUT2D eigenvalue weighted by Gasteiger charge is 2.35. The van der Waals surface area contributed by atoms with Crippen LogP contribution in [0.25, 0.3) is 0 Å². The van der Waals surface area contributed by atoms with Gasteiger partial charge >= 0.3 is 0 Å². The van der Waals surface area contributed by atoms with Crippen molar-refractivity contribution in [2.75, 3.05) is 31.8 Å². The molecular formula is C20H21N3O5. The third kappa shape index (κ3) is 3.71. The molecule has 0 saturated carbocycles. The van der Waals surface area contributed by atoms with Crippen LogP contribution in [-0.4, -0.2) is 43.7 Å². The molecule has 1 aromatic carbocycles. The fourth-order valence-corrected chi connectivity index (χ4v) is 3.34. The Morgan fingerprint density at radius 3 is 2.89 bits per heavy atom. The molecule has 2 aliphatic heterocycles. The summed E-state index contributed by atoms with van der Waals surface area (Å²) < 4.78 is 16.2. The lowest BCUT2D eigenvalue weighted by Gasteiger charge is -2.22. The van der Waals surface area contributed by atoms with Gasteiger partial charge in [-0.1, -0.05) is 0 Å². The first-order valence-electron chi connectivity index (χ1n) is 9.10. The van der Waals surface area contributed by atoms with Crippen LogP contribution in [0, 0.1) is 5.92 Å². The number of aromatic nitrogens is 1. The van der Waals surface area contributed by atoms with Crippen LogP contribution in [0.5, 0.6) is 17.4 Å². The predicted molar refractivity (Wildman–Crippen MR) is 101 cm³/mol. The summed E-state index contributed by atoms with van der Waals surface area (Å²) >= 11 is 0. The molecule has 1 saturated heterocycles. The van der Waals surface area contributed by atoms with Gasteiger partial charge in [0.1, 0.15) is 13.2 Å². The summed E-state index contributed by atoms with van der Waals surface area (Å²) in [7, 11) is 1.54. The number of nitrogens with zero attached hydrogens (tertiary/aromatic N) is 2. The van der Waals surface area contributed by atoms with E-state index in [0.29, 0.717) is 49.4 Å². The number of carbonyl (C=O) groups is 2. The van der Waals surface area contributed by atoms with Crippen LogP contribution in [0.1, 0.15) is 12.0 Å². The molecule has 2 amide bonds. The van der Waals surface area contributed by atoms with E-state index >= 15 is 0 Å². The molecule has 28 heavy (non-hydrogen) atoms. The van der Waals surface area contributed by atoms with Crippen LogP contribution in [-0.2, 0) is 16.1 Å². The molecule has 8 nitrogen and oxygen atoms in total. The van der Waals surface area contributed by atoms with Crippen molar-refractivity contribution < 1.29 is 23.8 Å². The summed E-state index contributed by atoms with van der Waals surface area (Å²) in [6, 6.07) is 8.97. The fourth-order valence-electron chi connectivity index (χ4n) is 3.34. The molecular weight excluding hydrogens is 362 g/mol. The molecule has 1 atom stereocenters. The zero-order valence-electron chi connectivity index (χ0n) is 15.5. The van der Waals surface area contributed by atoms with Gasteiger partial charge in [0.2, 0.25) is 17.7 Å². The van der Waals surface area contributed by atoms with Crippen LogP contribution in [0.4, 0.5) is 5.69 Å². The second kappa shape index (κ2) is 7.75. The molecule has 2 aliphatic rings. The largest absolute Gasteiger partial charge is 0.486 e. The molecule has 0 spiro atoms. The maximum Gasteiger partial charge on any atom is 0.227 e. The van der Waals surface area contributed by atoms with Gasteiger partial charge < -0.3 is 24.4 Å². The summed E-state index contributed by atoms with van der Waals surface area (Å²) in [5.74, 6) is 1.16.